The maximum absolute atomic E-state index is 13.3. The lowest BCUT2D eigenvalue weighted by atomic mass is 10.1. The summed E-state index contributed by atoms with van der Waals surface area (Å²) in [4.78, 5) is 52.3. The van der Waals surface area contributed by atoms with Gasteiger partial charge in [0.15, 0.2) is 0 Å². The lowest BCUT2D eigenvalue weighted by Gasteiger charge is -2.20. The van der Waals surface area contributed by atoms with E-state index in [0.717, 1.165) is 42.7 Å². The topological polar surface area (TPSA) is 116 Å². The predicted octanol–water partition coefficient (Wildman–Crippen LogP) is 6.32. The van der Waals surface area contributed by atoms with Crippen LogP contribution in [-0.4, -0.2) is 48.8 Å². The van der Waals surface area contributed by atoms with Gasteiger partial charge in [-0.3, -0.25) is 19.2 Å². The van der Waals surface area contributed by atoms with E-state index in [4.69, 9.17) is 0 Å². The van der Waals surface area contributed by atoms with Crippen LogP contribution in [0.3, 0.4) is 0 Å². The monoisotopic (exact) mass is 848 g/mol. The molecule has 312 valence electrons. The van der Waals surface area contributed by atoms with E-state index in [1.54, 1.807) is 26.0 Å². The molecule has 0 fully saturated rings. The SMILES string of the molecule is C[C@H](NC(=O)c1cccc(P(c2ccccc2)c2ccccc2)c1)C(=O)NCCCCCCCNC(=O)[C@H](C)NC(=O)c1cccc(P(c2ccccc2)c2ccccc2)c1. The van der Waals surface area contributed by atoms with Gasteiger partial charge in [0.05, 0.1) is 0 Å². The molecule has 6 rings (SSSR count). The van der Waals surface area contributed by atoms with Gasteiger partial charge in [0, 0.05) is 24.2 Å². The maximum atomic E-state index is 13.3. The van der Waals surface area contributed by atoms with Gasteiger partial charge in [-0.25, -0.2) is 0 Å². The van der Waals surface area contributed by atoms with Crippen LogP contribution in [-0.2, 0) is 9.59 Å². The van der Waals surface area contributed by atoms with Gasteiger partial charge in [0.2, 0.25) is 11.8 Å². The van der Waals surface area contributed by atoms with Crippen LogP contribution < -0.4 is 53.1 Å². The average Bonchev–Trinajstić information content (AvgIpc) is 3.30. The number of unbranched alkanes of at least 4 members (excludes halogenated alkanes) is 4. The summed E-state index contributed by atoms with van der Waals surface area (Å²) < 4.78 is 0. The molecule has 0 unspecified atom stereocenters. The molecule has 0 saturated heterocycles. The third-order valence-corrected chi connectivity index (χ3v) is 15.1. The molecule has 2 atom stereocenters. The van der Waals surface area contributed by atoms with Crippen molar-refractivity contribution in [2.45, 2.75) is 58.0 Å². The van der Waals surface area contributed by atoms with Crippen molar-refractivity contribution >= 4 is 71.3 Å². The average molecular weight is 849 g/mol. The highest BCUT2D eigenvalue weighted by Gasteiger charge is 2.22. The number of benzene rings is 6. The van der Waals surface area contributed by atoms with Crippen LogP contribution in [0.15, 0.2) is 170 Å². The highest BCUT2D eigenvalue weighted by Crippen LogP contribution is 2.34. The second kappa shape index (κ2) is 23.2. The minimum atomic E-state index is -0.858. The van der Waals surface area contributed by atoms with Crippen LogP contribution in [0.5, 0.6) is 0 Å². The Hall–Kier alpha value is -5.94. The van der Waals surface area contributed by atoms with Crippen LogP contribution in [0, 0.1) is 0 Å². The summed E-state index contributed by atoms with van der Waals surface area (Å²) in [7, 11) is -1.72. The Bertz CT molecular complexity index is 2090. The van der Waals surface area contributed by atoms with Gasteiger partial charge >= 0.3 is 0 Å². The van der Waals surface area contributed by atoms with E-state index in [9.17, 15) is 19.2 Å². The Morgan fingerprint density at radius 2 is 0.689 bits per heavy atom. The molecule has 0 heterocycles. The van der Waals surface area contributed by atoms with Crippen molar-refractivity contribution in [3.05, 3.63) is 181 Å². The first-order valence-electron chi connectivity index (χ1n) is 21.0. The van der Waals surface area contributed by atoms with Gasteiger partial charge in [-0.05, 0) is 98.6 Å². The molecule has 61 heavy (non-hydrogen) atoms. The zero-order chi connectivity index (χ0) is 42.8. The second-order valence-electron chi connectivity index (χ2n) is 14.9. The van der Waals surface area contributed by atoms with Crippen molar-refractivity contribution in [1.29, 1.82) is 0 Å². The molecule has 6 aromatic carbocycles. The van der Waals surface area contributed by atoms with E-state index >= 15 is 0 Å². The van der Waals surface area contributed by atoms with E-state index in [1.807, 2.05) is 97.1 Å². The number of hydrogen-bond donors (Lipinski definition) is 4. The molecular formula is C51H54N4O4P2. The molecule has 0 aliphatic heterocycles. The fourth-order valence-electron chi connectivity index (χ4n) is 6.98. The minimum Gasteiger partial charge on any atom is -0.354 e. The molecule has 6 aromatic rings. The molecule has 8 nitrogen and oxygen atoms in total. The summed E-state index contributed by atoms with van der Waals surface area (Å²) in [5.41, 5.74) is 1.04. The lowest BCUT2D eigenvalue weighted by molar-refractivity contribution is -0.123. The fourth-order valence-corrected chi connectivity index (χ4v) is 11.7. The number of rotatable bonds is 20. The number of nitrogens with one attached hydrogen (secondary N) is 4. The van der Waals surface area contributed by atoms with Crippen LogP contribution in [0.25, 0.3) is 0 Å². The first-order chi connectivity index (χ1) is 29.8. The molecule has 0 aromatic heterocycles. The molecule has 0 spiro atoms. The fraction of sp³-hybridized carbons (Fsp3) is 0.216. The first-order valence-corrected chi connectivity index (χ1v) is 23.6. The van der Waals surface area contributed by atoms with E-state index in [-0.39, 0.29) is 23.6 Å². The van der Waals surface area contributed by atoms with Crippen LogP contribution in [0.1, 0.15) is 66.7 Å². The summed E-state index contributed by atoms with van der Waals surface area (Å²) >= 11 is 0. The highest BCUT2D eigenvalue weighted by atomic mass is 31.1. The van der Waals surface area contributed by atoms with Gasteiger partial charge in [-0.15, -0.1) is 0 Å². The van der Waals surface area contributed by atoms with Gasteiger partial charge in [0.25, 0.3) is 11.8 Å². The van der Waals surface area contributed by atoms with Crippen molar-refractivity contribution in [1.82, 2.24) is 21.3 Å². The molecule has 4 amide bonds. The van der Waals surface area contributed by atoms with Gasteiger partial charge in [-0.2, -0.15) is 0 Å². The molecule has 0 aliphatic carbocycles. The second-order valence-corrected chi connectivity index (χ2v) is 19.3. The quantitative estimate of drug-likeness (QED) is 0.0532. The van der Waals surface area contributed by atoms with E-state index in [1.165, 1.54) is 21.2 Å². The number of amides is 4. The highest BCUT2D eigenvalue weighted by molar-refractivity contribution is 7.80. The van der Waals surface area contributed by atoms with Crippen LogP contribution in [0.2, 0.25) is 0 Å². The molecular weight excluding hydrogens is 795 g/mol. The lowest BCUT2D eigenvalue weighted by Crippen LogP contribution is -2.45. The van der Waals surface area contributed by atoms with Crippen molar-refractivity contribution in [3.63, 3.8) is 0 Å². The molecule has 0 radical (unpaired) electrons. The molecule has 10 heteroatoms. The minimum absolute atomic E-state index is 0.221. The number of carbonyl (C=O) groups excluding carboxylic acids is 4. The van der Waals surface area contributed by atoms with Crippen molar-refractivity contribution in [2.75, 3.05) is 13.1 Å². The smallest absolute Gasteiger partial charge is 0.251 e. The standard InChI is InChI=1S/C51H54N4O4P2/c1-38(54-50(58)40-22-20-32-46(36-40)60(42-24-10-6-11-25-42)43-26-12-7-13-27-43)48(56)52-34-18-4-3-5-19-35-53-49(57)39(2)55-51(59)41-23-21-33-47(37-41)61(44-28-14-8-15-29-44)45-30-16-9-17-31-45/h6-17,20-33,36-39H,3-5,18-19,34-35H2,1-2H3,(H,52,56)(H,53,57)(H,54,58)(H,55,59)/t38-,39-/m0/s1. The third kappa shape index (κ3) is 13.0. The Morgan fingerprint density at radius 3 is 1.02 bits per heavy atom. The van der Waals surface area contributed by atoms with E-state index in [0.29, 0.717) is 24.2 Å². The summed E-state index contributed by atoms with van der Waals surface area (Å²) in [5, 5.41) is 18.6. The van der Waals surface area contributed by atoms with Crippen molar-refractivity contribution in [2.24, 2.45) is 0 Å². The van der Waals surface area contributed by atoms with Crippen molar-refractivity contribution < 1.29 is 19.2 Å². The molecule has 4 N–H and O–H groups in total. The molecule has 0 aliphatic rings. The van der Waals surface area contributed by atoms with Gasteiger partial charge < -0.3 is 21.3 Å². The van der Waals surface area contributed by atoms with Gasteiger partial charge in [0.1, 0.15) is 12.1 Å². The Kier molecular flexibility index (Phi) is 16.9. The largest absolute Gasteiger partial charge is 0.354 e. The summed E-state index contributed by atoms with van der Waals surface area (Å²) in [6.07, 6.45) is 4.43. The van der Waals surface area contributed by atoms with Crippen molar-refractivity contribution in [3.8, 4) is 0 Å². The zero-order valence-corrected chi connectivity index (χ0v) is 36.6. The van der Waals surface area contributed by atoms with Gasteiger partial charge in [-0.1, -0.05) is 165 Å². The maximum Gasteiger partial charge on any atom is 0.251 e. The van der Waals surface area contributed by atoms with Crippen LogP contribution in [0.4, 0.5) is 0 Å². The zero-order valence-electron chi connectivity index (χ0n) is 34.8. The Morgan fingerprint density at radius 1 is 0.393 bits per heavy atom. The normalized spacial score (nSPS) is 12.0. The summed E-state index contributed by atoms with van der Waals surface area (Å²) in [5.74, 6) is -1.01. The summed E-state index contributed by atoms with van der Waals surface area (Å²) in [6, 6.07) is 55.3. The van der Waals surface area contributed by atoms with E-state index < -0.39 is 27.9 Å². The summed E-state index contributed by atoms with van der Waals surface area (Å²) in [6.45, 7) is 4.43. The number of hydrogen-bond acceptors (Lipinski definition) is 4. The molecule has 0 saturated carbocycles. The third-order valence-electron chi connectivity index (χ3n) is 10.2. The van der Waals surface area contributed by atoms with Crippen LogP contribution >= 0.6 is 15.8 Å². The number of carbonyl (C=O) groups is 4. The Labute approximate surface area is 362 Å². The predicted molar refractivity (Wildman–Crippen MR) is 253 cm³/mol. The molecule has 0 bridgehead atoms. The van der Waals surface area contributed by atoms with E-state index in [2.05, 4.69) is 81.9 Å². The first kappa shape index (κ1) is 44.6. The Balaban J connectivity index is 0.869.